The van der Waals surface area contributed by atoms with Crippen molar-refractivity contribution in [3.8, 4) is 5.75 Å². The molecule has 5 heteroatoms. The average Bonchev–Trinajstić information content (AvgIpc) is 3.03. The minimum absolute atomic E-state index is 0.122. The highest BCUT2D eigenvalue weighted by atomic mass is 16.5. The summed E-state index contributed by atoms with van der Waals surface area (Å²) in [7, 11) is 0. The van der Waals surface area contributed by atoms with Gasteiger partial charge in [0.15, 0.2) is 6.10 Å². The van der Waals surface area contributed by atoms with Crippen molar-refractivity contribution >= 4 is 0 Å². The van der Waals surface area contributed by atoms with Gasteiger partial charge < -0.3 is 15.0 Å². The maximum Gasteiger partial charge on any atom is 0.244 e. The van der Waals surface area contributed by atoms with E-state index in [2.05, 4.69) is 16.2 Å². The zero-order chi connectivity index (χ0) is 14.3. The quantitative estimate of drug-likeness (QED) is 0.910. The predicted octanol–water partition coefficient (Wildman–Crippen LogP) is 2.79. The van der Waals surface area contributed by atoms with Crippen LogP contribution in [0, 0.1) is 5.41 Å². The molecule has 2 N–H and O–H groups in total. The minimum atomic E-state index is -0.285. The highest BCUT2D eigenvalue weighted by Crippen LogP contribution is 2.36. The zero-order valence-electron chi connectivity index (χ0n) is 12.0. The van der Waals surface area contributed by atoms with E-state index in [1.54, 1.807) is 0 Å². The Bertz CT molecular complexity index is 591. The number of aromatic nitrogens is 2. The van der Waals surface area contributed by atoms with Crippen molar-refractivity contribution in [3.63, 3.8) is 0 Å². The maximum absolute atomic E-state index is 6.13. The van der Waals surface area contributed by atoms with Gasteiger partial charge in [-0.15, -0.1) is 0 Å². The van der Waals surface area contributed by atoms with E-state index in [0.29, 0.717) is 11.7 Å². The van der Waals surface area contributed by atoms with E-state index in [4.69, 9.17) is 15.0 Å². The van der Waals surface area contributed by atoms with Gasteiger partial charge in [-0.1, -0.05) is 44.1 Å². The van der Waals surface area contributed by atoms with Crippen molar-refractivity contribution in [2.24, 2.45) is 11.1 Å². The summed E-state index contributed by atoms with van der Waals surface area (Å²) in [6.45, 7) is 6.14. The normalized spacial score (nSPS) is 19.5. The lowest BCUT2D eigenvalue weighted by Crippen LogP contribution is -2.26. The van der Waals surface area contributed by atoms with Gasteiger partial charge in [0.2, 0.25) is 11.7 Å². The van der Waals surface area contributed by atoms with E-state index in [9.17, 15) is 0 Å². The smallest absolute Gasteiger partial charge is 0.244 e. The van der Waals surface area contributed by atoms with Crippen molar-refractivity contribution in [2.45, 2.75) is 39.3 Å². The Kier molecular flexibility index (Phi) is 3.01. The predicted molar refractivity (Wildman–Crippen MR) is 74.2 cm³/mol. The van der Waals surface area contributed by atoms with Gasteiger partial charge in [0, 0.05) is 6.42 Å². The summed E-state index contributed by atoms with van der Waals surface area (Å²) in [5.74, 6) is 1.92. The second kappa shape index (κ2) is 4.59. The first-order valence-electron chi connectivity index (χ1n) is 6.79. The van der Waals surface area contributed by atoms with Crippen LogP contribution in [-0.4, -0.2) is 10.1 Å². The summed E-state index contributed by atoms with van der Waals surface area (Å²) in [4.78, 5) is 4.41. The number of hydrogen-bond acceptors (Lipinski definition) is 5. The van der Waals surface area contributed by atoms with Crippen molar-refractivity contribution in [1.82, 2.24) is 10.1 Å². The number of rotatable bonds is 2. The molecule has 0 saturated carbocycles. The van der Waals surface area contributed by atoms with Gasteiger partial charge in [0.1, 0.15) is 5.75 Å². The second-order valence-corrected chi connectivity index (χ2v) is 6.25. The van der Waals surface area contributed by atoms with E-state index < -0.39 is 0 Å². The molecule has 0 aliphatic carbocycles. The molecule has 0 amide bonds. The van der Waals surface area contributed by atoms with E-state index in [-0.39, 0.29) is 17.6 Å². The van der Waals surface area contributed by atoms with Gasteiger partial charge in [0.25, 0.3) is 0 Å². The highest BCUT2D eigenvalue weighted by Gasteiger charge is 2.32. The molecular formula is C15H19N3O2. The molecule has 3 rings (SSSR count). The fourth-order valence-electron chi connectivity index (χ4n) is 2.20. The van der Waals surface area contributed by atoms with Crippen LogP contribution in [0.15, 0.2) is 28.8 Å². The van der Waals surface area contributed by atoms with E-state index >= 15 is 0 Å². The van der Waals surface area contributed by atoms with Crippen LogP contribution in [0.2, 0.25) is 0 Å². The molecule has 2 heterocycles. The maximum atomic E-state index is 6.13. The fraction of sp³-hybridized carbons (Fsp3) is 0.467. The van der Waals surface area contributed by atoms with Crippen LogP contribution in [0.1, 0.15) is 50.2 Å². The number of para-hydroxylation sites is 1. The van der Waals surface area contributed by atoms with Crippen LogP contribution in [0.3, 0.4) is 0 Å². The SMILES string of the molecule is CC(C)(C)C(N)c1nc(C2Cc3ccccc3O2)no1. The van der Waals surface area contributed by atoms with Gasteiger partial charge in [-0.3, -0.25) is 0 Å². The molecular weight excluding hydrogens is 254 g/mol. The van der Waals surface area contributed by atoms with Crippen molar-refractivity contribution in [2.75, 3.05) is 0 Å². The summed E-state index contributed by atoms with van der Waals surface area (Å²) in [5, 5.41) is 4.02. The molecule has 0 fully saturated rings. The third-order valence-corrected chi connectivity index (χ3v) is 3.59. The molecule has 2 aromatic rings. The van der Waals surface area contributed by atoms with Crippen LogP contribution in [0.4, 0.5) is 0 Å². The van der Waals surface area contributed by atoms with E-state index in [0.717, 1.165) is 12.2 Å². The molecule has 0 bridgehead atoms. The summed E-state index contributed by atoms with van der Waals surface area (Å²) >= 11 is 0. The first kappa shape index (κ1) is 13.1. The molecule has 20 heavy (non-hydrogen) atoms. The number of nitrogens with zero attached hydrogens (tertiary/aromatic N) is 2. The number of ether oxygens (including phenoxy) is 1. The van der Waals surface area contributed by atoms with Gasteiger partial charge in [-0.2, -0.15) is 4.98 Å². The van der Waals surface area contributed by atoms with Gasteiger partial charge in [-0.25, -0.2) is 0 Å². The average molecular weight is 273 g/mol. The Morgan fingerprint density at radius 1 is 1.30 bits per heavy atom. The summed E-state index contributed by atoms with van der Waals surface area (Å²) in [5.41, 5.74) is 7.18. The third kappa shape index (κ3) is 2.29. The Labute approximate surface area is 118 Å². The molecule has 1 aliphatic rings. The summed E-state index contributed by atoms with van der Waals surface area (Å²) < 4.78 is 11.1. The molecule has 0 radical (unpaired) electrons. The number of nitrogens with two attached hydrogens (primary N) is 1. The Morgan fingerprint density at radius 2 is 2.05 bits per heavy atom. The molecule has 2 unspecified atom stereocenters. The molecule has 106 valence electrons. The monoisotopic (exact) mass is 273 g/mol. The van der Waals surface area contributed by atoms with Gasteiger partial charge in [-0.05, 0) is 17.0 Å². The number of fused-ring (bicyclic) bond motifs is 1. The summed E-state index contributed by atoms with van der Waals surface area (Å²) in [6, 6.07) is 7.68. The van der Waals surface area contributed by atoms with Gasteiger partial charge >= 0.3 is 0 Å². The molecule has 1 aromatic carbocycles. The van der Waals surface area contributed by atoms with E-state index in [1.165, 1.54) is 5.56 Å². The lowest BCUT2D eigenvalue weighted by atomic mass is 9.87. The van der Waals surface area contributed by atoms with Crippen molar-refractivity contribution in [1.29, 1.82) is 0 Å². The zero-order valence-corrected chi connectivity index (χ0v) is 12.0. The van der Waals surface area contributed by atoms with Crippen LogP contribution < -0.4 is 10.5 Å². The molecule has 0 saturated heterocycles. The Morgan fingerprint density at radius 3 is 2.75 bits per heavy atom. The standard InChI is InChI=1S/C15H19N3O2/c1-15(2,3)12(16)14-17-13(18-20-14)11-8-9-6-4-5-7-10(9)19-11/h4-7,11-12H,8,16H2,1-3H3. The second-order valence-electron chi connectivity index (χ2n) is 6.25. The summed E-state index contributed by atoms with van der Waals surface area (Å²) in [6.07, 6.45) is 0.581. The van der Waals surface area contributed by atoms with Gasteiger partial charge in [0.05, 0.1) is 6.04 Å². The van der Waals surface area contributed by atoms with Crippen LogP contribution in [0.25, 0.3) is 0 Å². The highest BCUT2D eigenvalue weighted by molar-refractivity contribution is 5.37. The topological polar surface area (TPSA) is 74.2 Å². The molecule has 1 aliphatic heterocycles. The molecule has 2 atom stereocenters. The molecule has 0 spiro atoms. The van der Waals surface area contributed by atoms with Crippen molar-refractivity contribution in [3.05, 3.63) is 41.5 Å². The fourth-order valence-corrected chi connectivity index (χ4v) is 2.20. The first-order chi connectivity index (χ1) is 9.45. The van der Waals surface area contributed by atoms with Crippen LogP contribution in [0.5, 0.6) is 5.75 Å². The van der Waals surface area contributed by atoms with E-state index in [1.807, 2.05) is 39.0 Å². The largest absolute Gasteiger partial charge is 0.482 e. The first-order valence-corrected chi connectivity index (χ1v) is 6.79. The Balaban J connectivity index is 1.80. The van der Waals surface area contributed by atoms with Crippen LogP contribution in [-0.2, 0) is 6.42 Å². The number of hydrogen-bond donors (Lipinski definition) is 1. The minimum Gasteiger partial charge on any atom is -0.482 e. The van der Waals surface area contributed by atoms with Crippen LogP contribution >= 0.6 is 0 Å². The lowest BCUT2D eigenvalue weighted by molar-refractivity contribution is 0.218. The third-order valence-electron chi connectivity index (χ3n) is 3.59. The number of benzene rings is 1. The lowest BCUT2D eigenvalue weighted by Gasteiger charge is -2.23. The van der Waals surface area contributed by atoms with Crippen molar-refractivity contribution < 1.29 is 9.26 Å². The molecule has 5 nitrogen and oxygen atoms in total. The molecule has 1 aromatic heterocycles. The Hall–Kier alpha value is -1.88.